The average molecular weight is 973 g/mol. The van der Waals surface area contributed by atoms with Gasteiger partial charge in [-0.2, -0.15) is 10.2 Å². The molecule has 0 radical (unpaired) electrons. The SMILES string of the molecule is O=c1c(N=Nc2ccccc2O[C@@H]2O[C@H](CO)[C@@H](O)[C@H](O)[C@H]2O)c(O)c(=NNc2ccccc2O[C@@H]2O[C@H](CO)[C@@H](O)[C@H](O)[C@H]2O)c(=O)c1=NNc1ccccc1O[C@@H]1O[C@H](CO)[C@@H](O)[C@H](O)[C@H]1O. The van der Waals surface area contributed by atoms with E-state index in [1.165, 1.54) is 72.8 Å². The van der Waals surface area contributed by atoms with Crippen LogP contribution in [0.25, 0.3) is 0 Å². The van der Waals surface area contributed by atoms with Crippen molar-refractivity contribution in [3.05, 3.63) is 104 Å². The number of azo groups is 1. The molecule has 0 saturated carbocycles. The number of ether oxygens (including phenoxy) is 6. The molecule has 0 aromatic heterocycles. The van der Waals surface area contributed by atoms with Crippen molar-refractivity contribution >= 4 is 22.7 Å². The summed E-state index contributed by atoms with van der Waals surface area (Å²) in [4.78, 5) is 28.2. The molecule has 7 rings (SSSR count). The fourth-order valence-electron chi connectivity index (χ4n) is 7.12. The maximum atomic E-state index is 14.1. The summed E-state index contributed by atoms with van der Waals surface area (Å²) < 4.78 is 33.5. The standard InChI is InChI=1S/C42H48N6O21/c49-13-22-28(52)34(58)37(61)40(67-22)64-19-10-4-1-7-16(19)43-46-25-31(55)26(47-44-17-8-2-5-11-20(17)65-41-38(62)35(59)29(53)23(14-50)68-41)33(57)27(32(25)56)48-45-18-9-3-6-12-21(18)66-42-39(63)36(60)30(54)24(15-51)69-42/h1-12,22-24,28-30,34-44,49-54,56,58-63H,13-15H2/t22-,23-,24-,28-,29-,30-,34+,35+,36+,37-,38-,39-,40-,41-,42-/m1/s1. The van der Waals surface area contributed by atoms with Crippen LogP contribution in [0.3, 0.4) is 0 Å². The fourth-order valence-corrected chi connectivity index (χ4v) is 7.12. The molecule has 3 aliphatic rings. The summed E-state index contributed by atoms with van der Waals surface area (Å²) in [5.41, 5.74) is 1.07. The van der Waals surface area contributed by atoms with Gasteiger partial charge in [0.1, 0.15) is 90.4 Å². The van der Waals surface area contributed by atoms with Gasteiger partial charge >= 0.3 is 0 Å². The molecule has 3 aliphatic heterocycles. The Labute approximate surface area is 387 Å². The minimum atomic E-state index is -1.83. The molecule has 4 aromatic carbocycles. The number of anilines is 2. The number of phenols is 1. The van der Waals surface area contributed by atoms with Gasteiger partial charge in [-0.05, 0) is 36.4 Å². The number of nitrogens with one attached hydrogen (secondary N) is 2. The Bertz CT molecular complexity index is 2670. The lowest BCUT2D eigenvalue weighted by Gasteiger charge is -2.39. The summed E-state index contributed by atoms with van der Waals surface area (Å²) in [7, 11) is 0. The molecule has 3 heterocycles. The third-order valence-corrected chi connectivity index (χ3v) is 11.1. The quantitative estimate of drug-likeness (QED) is 0.0391. The molecule has 3 saturated heterocycles. The lowest BCUT2D eigenvalue weighted by atomic mass is 9.99. The molecule has 4 aromatic rings. The molecule has 15 atom stereocenters. The molecule has 372 valence electrons. The van der Waals surface area contributed by atoms with Gasteiger partial charge in [-0.3, -0.25) is 20.4 Å². The molecule has 0 unspecified atom stereocenters. The first kappa shape index (κ1) is 50.7. The van der Waals surface area contributed by atoms with Crippen LogP contribution in [-0.4, -0.2) is 178 Å². The van der Waals surface area contributed by atoms with Gasteiger partial charge < -0.3 is 94.8 Å². The third-order valence-electron chi connectivity index (χ3n) is 11.1. The van der Waals surface area contributed by atoms with Crippen molar-refractivity contribution < 1.29 is 94.8 Å². The zero-order valence-corrected chi connectivity index (χ0v) is 35.6. The second-order valence-corrected chi connectivity index (χ2v) is 15.6. The summed E-state index contributed by atoms with van der Waals surface area (Å²) in [6.45, 7) is -2.27. The highest BCUT2D eigenvalue weighted by Gasteiger charge is 2.47. The number of aromatic hydroxyl groups is 1. The first-order chi connectivity index (χ1) is 33.1. The first-order valence-corrected chi connectivity index (χ1v) is 20.9. The van der Waals surface area contributed by atoms with Gasteiger partial charge in [0.15, 0.2) is 27.9 Å². The molecular formula is C42H48N6O21. The van der Waals surface area contributed by atoms with Gasteiger partial charge in [-0.1, -0.05) is 36.4 Å². The van der Waals surface area contributed by atoms with E-state index in [-0.39, 0.29) is 34.3 Å². The van der Waals surface area contributed by atoms with Gasteiger partial charge in [-0.25, -0.2) is 0 Å². The van der Waals surface area contributed by atoms with Crippen LogP contribution in [0.2, 0.25) is 0 Å². The molecule has 0 aliphatic carbocycles. The number of para-hydroxylation sites is 5. The predicted molar refractivity (Wildman–Crippen MR) is 228 cm³/mol. The Morgan fingerprint density at radius 2 is 0.841 bits per heavy atom. The number of phenolic OH excluding ortho intramolecular Hbond substituents is 1. The van der Waals surface area contributed by atoms with Crippen LogP contribution < -0.4 is 46.6 Å². The highest BCUT2D eigenvalue weighted by atomic mass is 16.7. The van der Waals surface area contributed by atoms with Crippen molar-refractivity contribution in [2.75, 3.05) is 30.7 Å². The Morgan fingerprint density at radius 1 is 0.464 bits per heavy atom. The van der Waals surface area contributed by atoms with Gasteiger partial charge in [0, 0.05) is 0 Å². The molecule has 0 amide bonds. The Kier molecular flexibility index (Phi) is 16.3. The Balaban J connectivity index is 1.27. The van der Waals surface area contributed by atoms with E-state index in [9.17, 15) is 76.0 Å². The van der Waals surface area contributed by atoms with Crippen LogP contribution in [0.15, 0.2) is 103 Å². The highest BCUT2D eigenvalue weighted by Crippen LogP contribution is 2.34. The van der Waals surface area contributed by atoms with Crippen LogP contribution in [0.1, 0.15) is 0 Å². The number of benzene rings is 4. The monoisotopic (exact) mass is 972 g/mol. The molecule has 27 heteroatoms. The van der Waals surface area contributed by atoms with Gasteiger partial charge in [0.2, 0.25) is 29.7 Å². The lowest BCUT2D eigenvalue weighted by Crippen LogP contribution is -2.60. The number of aliphatic hydroxyl groups excluding tert-OH is 12. The van der Waals surface area contributed by atoms with Crippen LogP contribution >= 0.6 is 0 Å². The average Bonchev–Trinajstić information content (AvgIpc) is 3.35. The highest BCUT2D eigenvalue weighted by molar-refractivity contribution is 5.58. The van der Waals surface area contributed by atoms with Crippen molar-refractivity contribution in [3.8, 4) is 23.0 Å². The second-order valence-electron chi connectivity index (χ2n) is 15.6. The summed E-state index contributed by atoms with van der Waals surface area (Å²) >= 11 is 0. The van der Waals surface area contributed by atoms with E-state index in [1.54, 1.807) is 0 Å². The molecule has 69 heavy (non-hydrogen) atoms. The number of aliphatic hydroxyl groups is 12. The van der Waals surface area contributed by atoms with Crippen molar-refractivity contribution in [2.45, 2.75) is 92.1 Å². The fraction of sp³-hybridized carbons (Fsp3) is 0.429. The predicted octanol–water partition coefficient (Wildman–Crippen LogP) is -5.20. The van der Waals surface area contributed by atoms with E-state index in [1.807, 2.05) is 0 Å². The van der Waals surface area contributed by atoms with Crippen molar-refractivity contribution in [2.24, 2.45) is 20.4 Å². The van der Waals surface area contributed by atoms with E-state index in [0.29, 0.717) is 0 Å². The van der Waals surface area contributed by atoms with E-state index in [2.05, 4.69) is 31.3 Å². The third kappa shape index (κ3) is 10.7. The molecule has 15 N–H and O–H groups in total. The van der Waals surface area contributed by atoms with Crippen molar-refractivity contribution in [1.29, 1.82) is 0 Å². The largest absolute Gasteiger partial charge is 0.504 e. The molecule has 0 bridgehead atoms. The topological polar surface area (TPSA) is 426 Å². The summed E-state index contributed by atoms with van der Waals surface area (Å²) in [5, 5.41) is 148. The van der Waals surface area contributed by atoms with E-state index in [4.69, 9.17) is 28.4 Å². The van der Waals surface area contributed by atoms with Crippen molar-refractivity contribution in [1.82, 2.24) is 0 Å². The Morgan fingerprint density at radius 3 is 1.28 bits per heavy atom. The maximum Gasteiger partial charge on any atom is 0.241 e. The smallest absolute Gasteiger partial charge is 0.241 e. The second kappa shape index (κ2) is 22.1. The maximum absolute atomic E-state index is 14.1. The number of nitrogens with zero attached hydrogens (tertiary/aromatic N) is 4. The molecular weight excluding hydrogens is 924 g/mol. The van der Waals surface area contributed by atoms with Crippen LogP contribution in [0.4, 0.5) is 22.7 Å². The van der Waals surface area contributed by atoms with Gasteiger partial charge in [0.25, 0.3) is 0 Å². The van der Waals surface area contributed by atoms with Crippen LogP contribution in [-0.2, 0) is 14.2 Å². The lowest BCUT2D eigenvalue weighted by molar-refractivity contribution is -0.277. The van der Waals surface area contributed by atoms with Gasteiger partial charge in [-0.15, -0.1) is 10.2 Å². The van der Waals surface area contributed by atoms with Crippen LogP contribution in [0, 0.1) is 0 Å². The molecule has 27 nitrogen and oxygen atoms in total. The molecule has 0 spiro atoms. The number of hydrogen-bond acceptors (Lipinski definition) is 27. The van der Waals surface area contributed by atoms with E-state index in [0.717, 1.165) is 0 Å². The minimum absolute atomic E-state index is 0.0715. The number of rotatable bonds is 15. The normalized spacial score (nSPS) is 32.2. The zero-order valence-electron chi connectivity index (χ0n) is 35.6. The Hall–Kier alpha value is -6.12. The minimum Gasteiger partial charge on any atom is -0.504 e. The number of hydrogen-bond donors (Lipinski definition) is 15. The first-order valence-electron chi connectivity index (χ1n) is 20.9. The summed E-state index contributed by atoms with van der Waals surface area (Å²) in [6, 6.07) is 16.8. The molecule has 3 fully saturated rings. The van der Waals surface area contributed by atoms with Crippen molar-refractivity contribution in [3.63, 3.8) is 0 Å². The summed E-state index contributed by atoms with van der Waals surface area (Å²) in [6.07, 6.45) is -24.9. The van der Waals surface area contributed by atoms with E-state index < -0.39 is 145 Å². The van der Waals surface area contributed by atoms with E-state index >= 15 is 0 Å². The summed E-state index contributed by atoms with van der Waals surface area (Å²) in [5.74, 6) is -1.63. The van der Waals surface area contributed by atoms with Gasteiger partial charge in [0.05, 0.1) is 31.2 Å². The zero-order chi connectivity index (χ0) is 49.7. The van der Waals surface area contributed by atoms with Crippen LogP contribution in [0.5, 0.6) is 23.0 Å².